The van der Waals surface area contributed by atoms with Crippen LogP contribution in [0.3, 0.4) is 0 Å². The van der Waals surface area contributed by atoms with Crippen LogP contribution in [-0.4, -0.2) is 22.6 Å². The zero-order chi connectivity index (χ0) is 11.5. The molecule has 1 heterocycles. The number of fused-ring (bicyclic) bond motifs is 1. The van der Waals surface area contributed by atoms with Crippen molar-refractivity contribution in [2.75, 3.05) is 11.9 Å². The molecule has 2 N–H and O–H groups in total. The number of benzene rings is 1. The third-order valence-electron chi connectivity index (χ3n) is 2.13. The maximum Gasteiger partial charge on any atom is 0.322 e. The SMILES string of the molecule is O=C(O)CNc1nccc2cc(F)ccc12. The Kier molecular flexibility index (Phi) is 2.68. The molecule has 0 aliphatic heterocycles. The first-order valence-corrected chi connectivity index (χ1v) is 4.67. The maximum absolute atomic E-state index is 12.9. The Bertz CT molecular complexity index is 542. The molecule has 5 heteroatoms. The number of hydrogen-bond acceptors (Lipinski definition) is 3. The number of aliphatic carboxylic acids is 1. The van der Waals surface area contributed by atoms with Crippen molar-refractivity contribution in [1.29, 1.82) is 0 Å². The summed E-state index contributed by atoms with van der Waals surface area (Å²) in [6.45, 7) is -0.219. The summed E-state index contributed by atoms with van der Waals surface area (Å²) in [5.74, 6) is -0.858. The van der Waals surface area contributed by atoms with E-state index in [0.717, 1.165) is 0 Å². The Labute approximate surface area is 90.7 Å². The summed E-state index contributed by atoms with van der Waals surface area (Å²) >= 11 is 0. The quantitative estimate of drug-likeness (QED) is 0.828. The summed E-state index contributed by atoms with van der Waals surface area (Å²) in [4.78, 5) is 14.4. The largest absolute Gasteiger partial charge is 0.480 e. The molecule has 0 saturated carbocycles. The van der Waals surface area contributed by atoms with Crippen molar-refractivity contribution < 1.29 is 14.3 Å². The monoisotopic (exact) mass is 220 g/mol. The van der Waals surface area contributed by atoms with Crippen molar-refractivity contribution >= 4 is 22.6 Å². The molecule has 1 aromatic heterocycles. The number of anilines is 1. The Hall–Kier alpha value is -2.17. The Morgan fingerprint density at radius 1 is 1.44 bits per heavy atom. The number of nitrogens with zero attached hydrogens (tertiary/aromatic N) is 1. The van der Waals surface area contributed by atoms with Crippen molar-refractivity contribution in [3.63, 3.8) is 0 Å². The summed E-state index contributed by atoms with van der Waals surface area (Å²) in [6, 6.07) is 5.94. The molecule has 0 spiro atoms. The smallest absolute Gasteiger partial charge is 0.322 e. The number of aromatic nitrogens is 1. The summed E-state index contributed by atoms with van der Waals surface area (Å²) in [5, 5.41) is 12.6. The average molecular weight is 220 g/mol. The predicted octanol–water partition coefficient (Wildman–Crippen LogP) is 1.87. The van der Waals surface area contributed by atoms with Crippen LogP contribution in [0.5, 0.6) is 0 Å². The van der Waals surface area contributed by atoms with Gasteiger partial charge in [0, 0.05) is 11.6 Å². The van der Waals surface area contributed by atoms with Gasteiger partial charge in [-0.15, -0.1) is 0 Å². The van der Waals surface area contributed by atoms with Gasteiger partial charge in [0.2, 0.25) is 0 Å². The second kappa shape index (κ2) is 4.14. The molecule has 0 bridgehead atoms. The number of carboxylic acids is 1. The molecule has 0 aliphatic rings. The standard InChI is InChI=1S/C11H9FN2O2/c12-8-1-2-9-7(5-8)3-4-13-11(9)14-6-10(15)16/h1-5H,6H2,(H,13,14)(H,15,16). The van der Waals surface area contributed by atoms with E-state index in [1.807, 2.05) is 0 Å². The van der Waals surface area contributed by atoms with Gasteiger partial charge < -0.3 is 10.4 Å². The van der Waals surface area contributed by atoms with Crippen molar-refractivity contribution in [2.45, 2.75) is 0 Å². The minimum atomic E-state index is -0.971. The minimum Gasteiger partial charge on any atom is -0.480 e. The molecule has 82 valence electrons. The second-order valence-corrected chi connectivity index (χ2v) is 3.27. The zero-order valence-corrected chi connectivity index (χ0v) is 8.27. The van der Waals surface area contributed by atoms with Crippen molar-refractivity contribution in [2.24, 2.45) is 0 Å². The average Bonchev–Trinajstić information content (AvgIpc) is 2.25. The highest BCUT2D eigenvalue weighted by Gasteiger charge is 2.04. The molecule has 0 amide bonds. The third-order valence-corrected chi connectivity index (χ3v) is 2.13. The van der Waals surface area contributed by atoms with Crippen LogP contribution in [0.15, 0.2) is 30.5 Å². The lowest BCUT2D eigenvalue weighted by atomic mass is 10.1. The van der Waals surface area contributed by atoms with E-state index >= 15 is 0 Å². The molecule has 2 aromatic rings. The molecule has 4 nitrogen and oxygen atoms in total. The Morgan fingerprint density at radius 3 is 3.00 bits per heavy atom. The topological polar surface area (TPSA) is 62.2 Å². The molecule has 0 atom stereocenters. The molecule has 0 aliphatic carbocycles. The number of pyridine rings is 1. The Balaban J connectivity index is 2.41. The van der Waals surface area contributed by atoms with Gasteiger partial charge in [-0.25, -0.2) is 9.37 Å². The van der Waals surface area contributed by atoms with Gasteiger partial charge in [0.25, 0.3) is 0 Å². The van der Waals surface area contributed by atoms with E-state index in [4.69, 9.17) is 5.11 Å². The van der Waals surface area contributed by atoms with Gasteiger partial charge in [0.05, 0.1) is 0 Å². The first kappa shape index (κ1) is 10.4. The normalized spacial score (nSPS) is 10.3. The molecule has 16 heavy (non-hydrogen) atoms. The molecule has 0 unspecified atom stereocenters. The fourth-order valence-corrected chi connectivity index (χ4v) is 1.45. The van der Waals surface area contributed by atoms with Gasteiger partial charge in [-0.05, 0) is 29.7 Å². The Morgan fingerprint density at radius 2 is 2.25 bits per heavy atom. The molecule has 2 rings (SSSR count). The predicted molar refractivity (Wildman–Crippen MR) is 57.8 cm³/mol. The maximum atomic E-state index is 12.9. The highest BCUT2D eigenvalue weighted by molar-refractivity contribution is 5.92. The van der Waals surface area contributed by atoms with Crippen LogP contribution in [0.4, 0.5) is 10.2 Å². The van der Waals surface area contributed by atoms with Crippen LogP contribution < -0.4 is 5.32 Å². The van der Waals surface area contributed by atoms with Crippen LogP contribution in [0.25, 0.3) is 10.8 Å². The van der Waals surface area contributed by atoms with Gasteiger partial charge in [0.1, 0.15) is 18.2 Å². The van der Waals surface area contributed by atoms with E-state index in [1.54, 1.807) is 12.1 Å². The van der Waals surface area contributed by atoms with Crippen LogP contribution in [0, 0.1) is 5.82 Å². The van der Waals surface area contributed by atoms with E-state index in [9.17, 15) is 9.18 Å². The number of halogens is 1. The molecule has 1 aromatic carbocycles. The van der Waals surface area contributed by atoms with E-state index in [-0.39, 0.29) is 12.4 Å². The van der Waals surface area contributed by atoms with Gasteiger partial charge in [0.15, 0.2) is 0 Å². The van der Waals surface area contributed by atoms with E-state index in [0.29, 0.717) is 16.6 Å². The van der Waals surface area contributed by atoms with Gasteiger partial charge in [-0.3, -0.25) is 4.79 Å². The molecule has 0 radical (unpaired) electrons. The fourth-order valence-electron chi connectivity index (χ4n) is 1.45. The van der Waals surface area contributed by atoms with Crippen LogP contribution in [-0.2, 0) is 4.79 Å². The highest BCUT2D eigenvalue weighted by Crippen LogP contribution is 2.21. The number of hydrogen-bond donors (Lipinski definition) is 2. The molecule has 0 fully saturated rings. The molecule has 0 saturated heterocycles. The first-order chi connectivity index (χ1) is 7.66. The summed E-state index contributed by atoms with van der Waals surface area (Å²) in [5.41, 5.74) is 0. The molecular formula is C11H9FN2O2. The lowest BCUT2D eigenvalue weighted by Gasteiger charge is -2.06. The van der Waals surface area contributed by atoms with Gasteiger partial charge >= 0.3 is 5.97 Å². The van der Waals surface area contributed by atoms with Gasteiger partial charge in [-0.2, -0.15) is 0 Å². The van der Waals surface area contributed by atoms with Crippen molar-refractivity contribution in [1.82, 2.24) is 4.98 Å². The molecular weight excluding hydrogens is 211 g/mol. The highest BCUT2D eigenvalue weighted by atomic mass is 19.1. The first-order valence-electron chi connectivity index (χ1n) is 4.67. The van der Waals surface area contributed by atoms with Crippen LogP contribution >= 0.6 is 0 Å². The van der Waals surface area contributed by atoms with Crippen molar-refractivity contribution in [3.05, 3.63) is 36.3 Å². The third kappa shape index (κ3) is 2.08. The second-order valence-electron chi connectivity index (χ2n) is 3.27. The number of nitrogens with one attached hydrogen (secondary N) is 1. The number of carboxylic acid groups (broad SMARTS) is 1. The van der Waals surface area contributed by atoms with Crippen molar-refractivity contribution in [3.8, 4) is 0 Å². The van der Waals surface area contributed by atoms with Crippen LogP contribution in [0.2, 0.25) is 0 Å². The summed E-state index contributed by atoms with van der Waals surface area (Å²) in [6.07, 6.45) is 1.51. The lowest BCUT2D eigenvalue weighted by molar-refractivity contribution is -0.134. The number of rotatable bonds is 3. The summed E-state index contributed by atoms with van der Waals surface area (Å²) < 4.78 is 12.9. The van der Waals surface area contributed by atoms with Gasteiger partial charge in [-0.1, -0.05) is 0 Å². The van der Waals surface area contributed by atoms with E-state index < -0.39 is 5.97 Å². The fraction of sp³-hybridized carbons (Fsp3) is 0.0909. The van der Waals surface area contributed by atoms with Crippen LogP contribution in [0.1, 0.15) is 0 Å². The zero-order valence-electron chi connectivity index (χ0n) is 8.27. The minimum absolute atomic E-state index is 0.219. The van der Waals surface area contributed by atoms with E-state index in [2.05, 4.69) is 10.3 Å². The van der Waals surface area contributed by atoms with E-state index in [1.165, 1.54) is 18.3 Å². The number of carbonyl (C=O) groups is 1. The lowest BCUT2D eigenvalue weighted by Crippen LogP contribution is -2.13. The summed E-state index contributed by atoms with van der Waals surface area (Å²) in [7, 11) is 0.